The molecule has 0 saturated carbocycles. The molecular formula is C20H23N3O2. The number of carbonyl (C=O) groups is 2. The fourth-order valence-corrected chi connectivity index (χ4v) is 3.32. The van der Waals surface area contributed by atoms with Gasteiger partial charge in [0.1, 0.15) is 0 Å². The Morgan fingerprint density at radius 2 is 1.96 bits per heavy atom. The molecule has 5 heteroatoms. The van der Waals surface area contributed by atoms with Crippen LogP contribution in [0.3, 0.4) is 0 Å². The molecule has 25 heavy (non-hydrogen) atoms. The fraction of sp³-hybridized carbons (Fsp3) is 0.350. The summed E-state index contributed by atoms with van der Waals surface area (Å²) in [6.07, 6.45) is 4.84. The molecule has 0 unspecified atom stereocenters. The number of ketones is 1. The van der Waals surface area contributed by atoms with E-state index in [1.54, 1.807) is 23.2 Å². The van der Waals surface area contributed by atoms with E-state index in [0.29, 0.717) is 12.1 Å². The molecule has 1 amide bonds. The maximum Gasteiger partial charge on any atom is 0.295 e. The van der Waals surface area contributed by atoms with Crippen LogP contribution < -0.4 is 0 Å². The molecule has 3 rings (SSSR count). The van der Waals surface area contributed by atoms with Gasteiger partial charge in [0.05, 0.1) is 6.04 Å². The standard InChI is InChI=1S/C20H23N3O2/c1-22(2)14-15-7-9-16(10-8-15)18-6-4-12-23(18)20(25)19(24)17-5-3-11-21-13-17/h3,5,7-11,13,18H,4,6,12,14H2,1-2H3/t18-/m0/s1. The van der Waals surface area contributed by atoms with E-state index in [2.05, 4.69) is 34.1 Å². The van der Waals surface area contributed by atoms with Crippen LogP contribution in [0.1, 0.15) is 40.4 Å². The molecule has 1 aliphatic heterocycles. The Labute approximate surface area is 148 Å². The van der Waals surface area contributed by atoms with Gasteiger partial charge in [-0.15, -0.1) is 0 Å². The number of amides is 1. The smallest absolute Gasteiger partial charge is 0.295 e. The number of pyridine rings is 1. The van der Waals surface area contributed by atoms with Crippen molar-refractivity contribution in [1.82, 2.24) is 14.8 Å². The van der Waals surface area contributed by atoms with E-state index in [0.717, 1.165) is 24.9 Å². The molecule has 130 valence electrons. The van der Waals surface area contributed by atoms with E-state index in [-0.39, 0.29) is 6.04 Å². The highest BCUT2D eigenvalue weighted by atomic mass is 16.2. The highest BCUT2D eigenvalue weighted by Crippen LogP contribution is 2.32. The number of hydrogen-bond acceptors (Lipinski definition) is 4. The van der Waals surface area contributed by atoms with Crippen LogP contribution in [0.15, 0.2) is 48.8 Å². The van der Waals surface area contributed by atoms with Crippen molar-refractivity contribution >= 4 is 11.7 Å². The Morgan fingerprint density at radius 1 is 1.20 bits per heavy atom. The second-order valence-electron chi connectivity index (χ2n) is 6.71. The SMILES string of the molecule is CN(C)Cc1ccc([C@@H]2CCCN2C(=O)C(=O)c2cccnc2)cc1. The molecule has 0 N–H and O–H groups in total. The minimum Gasteiger partial charge on any atom is -0.329 e. The molecule has 2 aromatic rings. The summed E-state index contributed by atoms with van der Waals surface area (Å²) in [5.74, 6) is -0.919. The third-order valence-electron chi connectivity index (χ3n) is 4.49. The summed E-state index contributed by atoms with van der Waals surface area (Å²) in [6, 6.07) is 11.6. The van der Waals surface area contributed by atoms with Crippen molar-refractivity contribution < 1.29 is 9.59 Å². The minimum absolute atomic E-state index is 0.0264. The van der Waals surface area contributed by atoms with Crippen LogP contribution in [0, 0.1) is 0 Å². The van der Waals surface area contributed by atoms with Gasteiger partial charge in [-0.05, 0) is 50.2 Å². The van der Waals surface area contributed by atoms with Gasteiger partial charge < -0.3 is 9.80 Å². The summed E-state index contributed by atoms with van der Waals surface area (Å²) >= 11 is 0. The quantitative estimate of drug-likeness (QED) is 0.622. The van der Waals surface area contributed by atoms with E-state index < -0.39 is 11.7 Å². The molecule has 0 aliphatic carbocycles. The first-order chi connectivity index (χ1) is 12.1. The fourth-order valence-electron chi connectivity index (χ4n) is 3.32. The Hall–Kier alpha value is -2.53. The first-order valence-electron chi connectivity index (χ1n) is 8.55. The molecule has 0 radical (unpaired) electrons. The Morgan fingerprint density at radius 3 is 2.60 bits per heavy atom. The van der Waals surface area contributed by atoms with Crippen molar-refractivity contribution in [3.8, 4) is 0 Å². The summed E-state index contributed by atoms with van der Waals surface area (Å²) in [5.41, 5.74) is 2.67. The van der Waals surface area contributed by atoms with E-state index in [9.17, 15) is 9.59 Å². The third kappa shape index (κ3) is 3.94. The lowest BCUT2D eigenvalue weighted by atomic mass is 10.0. The molecular weight excluding hydrogens is 314 g/mol. The summed E-state index contributed by atoms with van der Waals surface area (Å²) in [4.78, 5) is 32.9. The lowest BCUT2D eigenvalue weighted by molar-refractivity contribution is -0.127. The monoisotopic (exact) mass is 337 g/mol. The van der Waals surface area contributed by atoms with Crippen molar-refractivity contribution in [1.29, 1.82) is 0 Å². The van der Waals surface area contributed by atoms with E-state index >= 15 is 0 Å². The van der Waals surface area contributed by atoms with Gasteiger partial charge in [0.25, 0.3) is 11.7 Å². The van der Waals surface area contributed by atoms with Crippen molar-refractivity contribution in [3.05, 3.63) is 65.5 Å². The molecule has 1 atom stereocenters. The van der Waals surface area contributed by atoms with Gasteiger partial charge >= 0.3 is 0 Å². The summed E-state index contributed by atoms with van der Waals surface area (Å²) in [7, 11) is 4.07. The van der Waals surface area contributed by atoms with Crippen molar-refractivity contribution in [2.75, 3.05) is 20.6 Å². The normalized spacial score (nSPS) is 17.1. The van der Waals surface area contributed by atoms with Crippen LogP contribution in [-0.4, -0.2) is 47.1 Å². The maximum atomic E-state index is 12.7. The van der Waals surface area contributed by atoms with Gasteiger partial charge in [0.15, 0.2) is 0 Å². The largest absolute Gasteiger partial charge is 0.329 e. The highest BCUT2D eigenvalue weighted by molar-refractivity contribution is 6.42. The van der Waals surface area contributed by atoms with Crippen molar-refractivity contribution in [2.24, 2.45) is 0 Å². The number of nitrogens with zero attached hydrogens (tertiary/aromatic N) is 3. The first-order valence-corrected chi connectivity index (χ1v) is 8.55. The number of Topliss-reactive ketones (excluding diaryl/α,β-unsaturated/α-hetero) is 1. The van der Waals surface area contributed by atoms with E-state index in [4.69, 9.17) is 0 Å². The first kappa shape index (κ1) is 17.3. The molecule has 0 spiro atoms. The molecule has 1 aromatic carbocycles. The number of aromatic nitrogens is 1. The number of rotatable bonds is 5. The number of carbonyl (C=O) groups excluding carboxylic acids is 2. The molecule has 0 bridgehead atoms. The summed E-state index contributed by atoms with van der Waals surface area (Å²) in [5, 5.41) is 0. The van der Waals surface area contributed by atoms with Gasteiger partial charge in [0.2, 0.25) is 0 Å². The number of hydrogen-bond donors (Lipinski definition) is 0. The van der Waals surface area contributed by atoms with Crippen molar-refractivity contribution in [2.45, 2.75) is 25.4 Å². The molecule has 1 fully saturated rings. The van der Waals surface area contributed by atoms with Crippen LogP contribution in [0.25, 0.3) is 0 Å². The lowest BCUT2D eigenvalue weighted by Gasteiger charge is -2.24. The zero-order chi connectivity index (χ0) is 17.8. The summed E-state index contributed by atoms with van der Waals surface area (Å²) in [6.45, 7) is 1.50. The number of likely N-dealkylation sites (tertiary alicyclic amines) is 1. The zero-order valence-corrected chi connectivity index (χ0v) is 14.7. The van der Waals surface area contributed by atoms with Gasteiger partial charge in [0, 0.05) is 31.0 Å². The van der Waals surface area contributed by atoms with Gasteiger partial charge in [-0.2, -0.15) is 0 Å². The summed E-state index contributed by atoms with van der Waals surface area (Å²) < 4.78 is 0. The molecule has 1 aromatic heterocycles. The second kappa shape index (κ2) is 7.57. The third-order valence-corrected chi connectivity index (χ3v) is 4.49. The van der Waals surface area contributed by atoms with Gasteiger partial charge in [-0.1, -0.05) is 24.3 Å². The zero-order valence-electron chi connectivity index (χ0n) is 14.7. The van der Waals surface area contributed by atoms with Gasteiger partial charge in [-0.25, -0.2) is 0 Å². The van der Waals surface area contributed by atoms with Crippen LogP contribution in [-0.2, 0) is 11.3 Å². The minimum atomic E-state index is -0.482. The van der Waals surface area contributed by atoms with Gasteiger partial charge in [-0.3, -0.25) is 14.6 Å². The molecule has 1 aliphatic rings. The highest BCUT2D eigenvalue weighted by Gasteiger charge is 2.33. The Kier molecular flexibility index (Phi) is 5.24. The molecule has 2 heterocycles. The average Bonchev–Trinajstić information content (AvgIpc) is 3.11. The van der Waals surface area contributed by atoms with Crippen molar-refractivity contribution in [3.63, 3.8) is 0 Å². The Bertz CT molecular complexity index is 741. The lowest BCUT2D eigenvalue weighted by Crippen LogP contribution is -2.36. The Balaban J connectivity index is 1.76. The average molecular weight is 337 g/mol. The van der Waals surface area contributed by atoms with E-state index in [1.165, 1.54) is 11.8 Å². The van der Waals surface area contributed by atoms with Crippen LogP contribution in [0.2, 0.25) is 0 Å². The van der Waals surface area contributed by atoms with Crippen LogP contribution in [0.4, 0.5) is 0 Å². The molecule has 5 nitrogen and oxygen atoms in total. The predicted molar refractivity (Wildman–Crippen MR) is 96.1 cm³/mol. The second-order valence-corrected chi connectivity index (χ2v) is 6.71. The maximum absolute atomic E-state index is 12.7. The topological polar surface area (TPSA) is 53.5 Å². The predicted octanol–water partition coefficient (Wildman–Crippen LogP) is 2.69. The number of benzene rings is 1. The van der Waals surface area contributed by atoms with E-state index in [1.807, 2.05) is 14.1 Å². The van der Waals surface area contributed by atoms with Crippen LogP contribution >= 0.6 is 0 Å². The molecule has 1 saturated heterocycles. The van der Waals surface area contributed by atoms with Crippen LogP contribution in [0.5, 0.6) is 0 Å².